The van der Waals surface area contributed by atoms with Gasteiger partial charge in [0.25, 0.3) is 0 Å². The highest BCUT2D eigenvalue weighted by Gasteiger charge is 2.30. The van der Waals surface area contributed by atoms with Crippen LogP contribution < -0.4 is 5.73 Å². The minimum absolute atomic E-state index is 0.000463. The van der Waals surface area contributed by atoms with E-state index in [1.807, 2.05) is 0 Å². The highest BCUT2D eigenvalue weighted by atomic mass is 32.2. The molecule has 1 aliphatic rings. The Hall–Kier alpha value is -1.18. The van der Waals surface area contributed by atoms with Crippen LogP contribution >= 0.6 is 0 Å². The van der Waals surface area contributed by atoms with Crippen molar-refractivity contribution in [3.8, 4) is 0 Å². The van der Waals surface area contributed by atoms with E-state index in [-0.39, 0.29) is 17.1 Å². The van der Waals surface area contributed by atoms with Crippen molar-refractivity contribution in [1.29, 1.82) is 0 Å². The van der Waals surface area contributed by atoms with Gasteiger partial charge in [0.1, 0.15) is 5.82 Å². The van der Waals surface area contributed by atoms with E-state index in [0.29, 0.717) is 24.9 Å². The Labute approximate surface area is 111 Å². The van der Waals surface area contributed by atoms with E-state index in [1.165, 1.54) is 11.2 Å². The quantitative estimate of drug-likeness (QED) is 0.791. The topological polar surface area (TPSA) is 83.6 Å². The minimum Gasteiger partial charge on any atom is -0.396 e. The first-order valence-corrected chi connectivity index (χ1v) is 7.50. The smallest absolute Gasteiger partial charge is 0.243 e. The lowest BCUT2D eigenvalue weighted by atomic mass is 10.1. The molecule has 1 atom stereocenters. The first-order chi connectivity index (χ1) is 8.82. The molecule has 1 aromatic rings. The highest BCUT2D eigenvalue weighted by Crippen LogP contribution is 2.26. The van der Waals surface area contributed by atoms with Gasteiger partial charge < -0.3 is 10.8 Å². The summed E-state index contributed by atoms with van der Waals surface area (Å²) >= 11 is 0. The molecule has 1 aliphatic heterocycles. The molecule has 1 unspecified atom stereocenters. The molecule has 1 heterocycles. The molecule has 0 aromatic heterocycles. The minimum atomic E-state index is -3.74. The van der Waals surface area contributed by atoms with Crippen LogP contribution in [0.5, 0.6) is 0 Å². The molecule has 1 fully saturated rings. The molecule has 0 spiro atoms. The highest BCUT2D eigenvalue weighted by molar-refractivity contribution is 7.89. The van der Waals surface area contributed by atoms with E-state index in [0.717, 1.165) is 12.1 Å². The number of nitrogen functional groups attached to an aromatic ring is 1. The Kier molecular flexibility index (Phi) is 3.80. The number of anilines is 1. The van der Waals surface area contributed by atoms with Crippen LogP contribution in [-0.4, -0.2) is 37.0 Å². The first-order valence-electron chi connectivity index (χ1n) is 6.06. The van der Waals surface area contributed by atoms with E-state index in [9.17, 15) is 17.9 Å². The fourth-order valence-corrected chi connectivity index (χ4v) is 3.98. The lowest BCUT2D eigenvalue weighted by molar-refractivity contribution is 0.108. The average molecular weight is 288 g/mol. The third-order valence-corrected chi connectivity index (χ3v) is 5.28. The zero-order valence-corrected chi connectivity index (χ0v) is 11.5. The molecule has 7 heteroatoms. The normalized spacial score (nSPS) is 21.5. The molecule has 0 saturated carbocycles. The molecule has 106 valence electrons. The molecule has 5 nitrogen and oxygen atoms in total. The summed E-state index contributed by atoms with van der Waals surface area (Å²) < 4.78 is 39.4. The van der Waals surface area contributed by atoms with Crippen LogP contribution in [0, 0.1) is 12.7 Å². The molecular weight excluding hydrogens is 271 g/mol. The molecule has 1 aromatic carbocycles. The van der Waals surface area contributed by atoms with Gasteiger partial charge in [0.15, 0.2) is 0 Å². The number of sulfonamides is 1. The summed E-state index contributed by atoms with van der Waals surface area (Å²) in [4.78, 5) is 0.000463. The van der Waals surface area contributed by atoms with Gasteiger partial charge in [0.05, 0.1) is 16.7 Å². The first kappa shape index (κ1) is 14.2. The van der Waals surface area contributed by atoms with Crippen molar-refractivity contribution in [1.82, 2.24) is 4.31 Å². The van der Waals surface area contributed by atoms with Gasteiger partial charge in [-0.25, -0.2) is 12.8 Å². The second-order valence-corrected chi connectivity index (χ2v) is 6.70. The molecule has 0 amide bonds. The van der Waals surface area contributed by atoms with Crippen molar-refractivity contribution in [2.24, 2.45) is 0 Å². The summed E-state index contributed by atoms with van der Waals surface area (Å²) in [5.41, 5.74) is 5.55. The van der Waals surface area contributed by atoms with E-state index >= 15 is 0 Å². The number of hydrogen-bond donors (Lipinski definition) is 2. The van der Waals surface area contributed by atoms with Gasteiger partial charge in [0.2, 0.25) is 10.0 Å². The molecule has 3 N–H and O–H groups in total. The number of β-amino-alcohol motifs (C(OH)–C–C–N with tert-alkyl or cyclic N) is 1. The number of aliphatic hydroxyl groups is 1. The molecule has 0 radical (unpaired) electrons. The van der Waals surface area contributed by atoms with E-state index in [2.05, 4.69) is 0 Å². The van der Waals surface area contributed by atoms with E-state index in [4.69, 9.17) is 5.73 Å². The Morgan fingerprint density at radius 3 is 2.79 bits per heavy atom. The Balaban J connectivity index is 2.42. The third kappa shape index (κ3) is 2.72. The van der Waals surface area contributed by atoms with Crippen LogP contribution in [0.15, 0.2) is 17.0 Å². The molecule has 2 rings (SSSR count). The predicted octanol–water partition coefficient (Wildman–Crippen LogP) is 0.862. The summed E-state index contributed by atoms with van der Waals surface area (Å²) in [6.45, 7) is 1.95. The number of rotatable bonds is 2. The van der Waals surface area contributed by atoms with Gasteiger partial charge in [-0.3, -0.25) is 0 Å². The second-order valence-electron chi connectivity index (χ2n) is 4.80. The number of benzene rings is 1. The number of aliphatic hydroxyl groups excluding tert-OH is 1. The maximum atomic E-state index is 13.3. The molecule has 0 bridgehead atoms. The van der Waals surface area contributed by atoms with Gasteiger partial charge in [-0.1, -0.05) is 0 Å². The van der Waals surface area contributed by atoms with Crippen LogP contribution in [0.2, 0.25) is 0 Å². The van der Waals surface area contributed by atoms with E-state index < -0.39 is 21.9 Å². The van der Waals surface area contributed by atoms with Crippen LogP contribution in [-0.2, 0) is 10.0 Å². The maximum Gasteiger partial charge on any atom is 0.243 e. The number of hydrogen-bond acceptors (Lipinski definition) is 4. The monoisotopic (exact) mass is 288 g/mol. The van der Waals surface area contributed by atoms with Crippen molar-refractivity contribution in [3.05, 3.63) is 23.5 Å². The SMILES string of the molecule is Cc1cc(F)c(N)cc1S(=O)(=O)N1CCCC(O)C1. The van der Waals surface area contributed by atoms with Crippen molar-refractivity contribution in [2.75, 3.05) is 18.8 Å². The molecule has 0 aliphatic carbocycles. The van der Waals surface area contributed by atoms with Gasteiger partial charge in [-0.05, 0) is 37.5 Å². The average Bonchev–Trinajstić information content (AvgIpc) is 2.33. The summed E-state index contributed by atoms with van der Waals surface area (Å²) in [6.07, 6.45) is 0.550. The standard InChI is InChI=1S/C12H17FN2O3S/c1-8-5-10(13)11(14)6-12(8)19(17,18)15-4-2-3-9(16)7-15/h5-6,9,16H,2-4,7,14H2,1H3. The van der Waals surface area contributed by atoms with Gasteiger partial charge in [0, 0.05) is 13.1 Å². The lowest BCUT2D eigenvalue weighted by Crippen LogP contribution is -2.42. The van der Waals surface area contributed by atoms with Crippen molar-refractivity contribution in [3.63, 3.8) is 0 Å². The Morgan fingerprint density at radius 1 is 1.47 bits per heavy atom. The van der Waals surface area contributed by atoms with Crippen molar-refractivity contribution in [2.45, 2.75) is 30.8 Å². The number of piperidine rings is 1. The van der Waals surface area contributed by atoms with Gasteiger partial charge in [-0.2, -0.15) is 4.31 Å². The van der Waals surface area contributed by atoms with E-state index in [1.54, 1.807) is 0 Å². The molecular formula is C12H17FN2O3S. The zero-order chi connectivity index (χ0) is 14.2. The lowest BCUT2D eigenvalue weighted by Gasteiger charge is -2.29. The summed E-state index contributed by atoms with van der Waals surface area (Å²) in [6, 6.07) is 2.25. The van der Waals surface area contributed by atoms with Crippen LogP contribution in [0.4, 0.5) is 10.1 Å². The van der Waals surface area contributed by atoms with Crippen LogP contribution in [0.25, 0.3) is 0 Å². The second kappa shape index (κ2) is 5.07. The summed E-state index contributed by atoms with van der Waals surface area (Å²) in [7, 11) is -3.74. The number of aryl methyl sites for hydroxylation is 1. The maximum absolute atomic E-state index is 13.3. The van der Waals surface area contributed by atoms with Gasteiger partial charge in [-0.15, -0.1) is 0 Å². The summed E-state index contributed by atoms with van der Waals surface area (Å²) in [5, 5.41) is 9.57. The molecule has 1 saturated heterocycles. The van der Waals surface area contributed by atoms with Gasteiger partial charge >= 0.3 is 0 Å². The Morgan fingerprint density at radius 2 is 2.16 bits per heavy atom. The Bertz CT molecular complexity index is 589. The van der Waals surface area contributed by atoms with Crippen molar-refractivity contribution >= 4 is 15.7 Å². The fourth-order valence-electron chi connectivity index (χ4n) is 2.22. The summed E-state index contributed by atoms with van der Waals surface area (Å²) in [5.74, 6) is -0.630. The third-order valence-electron chi connectivity index (χ3n) is 3.27. The number of halogens is 1. The zero-order valence-electron chi connectivity index (χ0n) is 10.6. The van der Waals surface area contributed by atoms with Crippen LogP contribution in [0.3, 0.4) is 0 Å². The molecule has 19 heavy (non-hydrogen) atoms. The van der Waals surface area contributed by atoms with Crippen molar-refractivity contribution < 1.29 is 17.9 Å². The number of nitrogens with zero attached hydrogens (tertiary/aromatic N) is 1. The van der Waals surface area contributed by atoms with Crippen LogP contribution in [0.1, 0.15) is 18.4 Å². The fraction of sp³-hybridized carbons (Fsp3) is 0.500. The number of nitrogens with two attached hydrogens (primary N) is 1. The predicted molar refractivity (Wildman–Crippen MR) is 69.5 cm³/mol. The largest absolute Gasteiger partial charge is 0.396 e.